The van der Waals surface area contributed by atoms with Gasteiger partial charge in [-0.1, -0.05) is 24.3 Å². The molecular formula is C25H21F3N4O3. The number of fused-ring (bicyclic) bond motifs is 2. The average molecular weight is 482 g/mol. The van der Waals surface area contributed by atoms with Crippen molar-refractivity contribution in [2.24, 2.45) is 0 Å². The molecule has 10 heteroatoms. The van der Waals surface area contributed by atoms with Gasteiger partial charge in [0.1, 0.15) is 11.4 Å². The van der Waals surface area contributed by atoms with Crippen LogP contribution in [-0.2, 0) is 6.18 Å². The van der Waals surface area contributed by atoms with E-state index in [1.54, 1.807) is 18.2 Å². The van der Waals surface area contributed by atoms with E-state index in [4.69, 9.17) is 4.74 Å². The van der Waals surface area contributed by atoms with E-state index in [-0.39, 0.29) is 30.4 Å². The minimum atomic E-state index is -4.61. The van der Waals surface area contributed by atoms with E-state index < -0.39 is 17.6 Å². The van der Waals surface area contributed by atoms with Gasteiger partial charge in [0.25, 0.3) is 11.8 Å². The number of pyridine rings is 1. The van der Waals surface area contributed by atoms with Gasteiger partial charge in [-0.05, 0) is 42.8 Å². The number of benzene rings is 2. The molecule has 0 unspecified atom stereocenters. The third kappa shape index (κ3) is 4.27. The summed E-state index contributed by atoms with van der Waals surface area (Å²) in [6, 6.07) is 13.6. The molecule has 1 N–H and O–H groups in total. The zero-order chi connectivity index (χ0) is 24.7. The average Bonchev–Trinajstić information content (AvgIpc) is 2.99. The molecule has 1 saturated heterocycles. The number of aromatic nitrogens is 1. The number of ether oxygens (including phenoxy) is 1. The highest BCUT2D eigenvalue weighted by Crippen LogP contribution is 2.37. The molecule has 7 nitrogen and oxygen atoms in total. The molecule has 2 aromatic carbocycles. The van der Waals surface area contributed by atoms with Crippen molar-refractivity contribution < 1.29 is 27.5 Å². The zero-order valence-electron chi connectivity index (χ0n) is 18.7. The highest BCUT2D eigenvalue weighted by molar-refractivity contribution is 6.08. The van der Waals surface area contributed by atoms with Crippen LogP contribution in [0, 0.1) is 6.92 Å². The number of anilines is 2. The fourth-order valence-electron chi connectivity index (χ4n) is 4.25. The van der Waals surface area contributed by atoms with Gasteiger partial charge in [0.15, 0.2) is 5.75 Å². The quantitative estimate of drug-likeness (QED) is 0.572. The number of carbonyl (C=O) groups excluding carboxylic acids is 2. The predicted octanol–water partition coefficient (Wildman–Crippen LogP) is 4.73. The molecule has 0 aliphatic carbocycles. The van der Waals surface area contributed by atoms with Crippen molar-refractivity contribution in [3.63, 3.8) is 0 Å². The maximum absolute atomic E-state index is 13.3. The molecule has 0 spiro atoms. The van der Waals surface area contributed by atoms with Crippen molar-refractivity contribution in [2.45, 2.75) is 13.1 Å². The highest BCUT2D eigenvalue weighted by atomic mass is 19.4. The van der Waals surface area contributed by atoms with E-state index in [2.05, 4.69) is 10.3 Å². The van der Waals surface area contributed by atoms with Crippen LogP contribution in [0.2, 0.25) is 0 Å². The number of nitrogens with one attached hydrogen (secondary N) is 1. The highest BCUT2D eigenvalue weighted by Gasteiger charge is 2.36. The van der Waals surface area contributed by atoms with Gasteiger partial charge >= 0.3 is 6.18 Å². The minimum absolute atomic E-state index is 0.168. The smallest absolute Gasteiger partial charge is 0.417 e. The molecule has 2 aliphatic heterocycles. The lowest BCUT2D eigenvalue weighted by Gasteiger charge is -2.36. The van der Waals surface area contributed by atoms with E-state index in [9.17, 15) is 22.8 Å². The molecule has 5 rings (SSSR count). The molecule has 0 bridgehead atoms. The molecule has 180 valence electrons. The van der Waals surface area contributed by atoms with Crippen LogP contribution in [0.4, 0.5) is 24.7 Å². The molecule has 1 fully saturated rings. The van der Waals surface area contributed by atoms with Crippen molar-refractivity contribution in [1.82, 2.24) is 9.88 Å². The minimum Gasteiger partial charge on any atom is -0.436 e. The second-order valence-electron chi connectivity index (χ2n) is 8.35. The topological polar surface area (TPSA) is 74.8 Å². The Hall–Kier alpha value is -4.08. The number of hydrogen-bond donors (Lipinski definition) is 1. The molecule has 1 aromatic heterocycles. The second-order valence-corrected chi connectivity index (χ2v) is 8.35. The summed E-state index contributed by atoms with van der Waals surface area (Å²) in [5.41, 5.74) is 0.442. The van der Waals surface area contributed by atoms with Gasteiger partial charge in [0.2, 0.25) is 5.88 Å². The number of nitrogens with zero attached hydrogens (tertiary/aromatic N) is 3. The fourth-order valence-corrected chi connectivity index (χ4v) is 4.25. The first-order valence-electron chi connectivity index (χ1n) is 11.0. The number of halogens is 3. The number of aryl methyl sites for hydroxylation is 1. The SMILES string of the molecule is Cc1cccc2c1NC(=O)c1ccc(N3CCN(C(=O)c4ccccc4C(F)(F)F)CC3)nc1O2. The maximum Gasteiger partial charge on any atom is 0.417 e. The molecule has 0 saturated carbocycles. The fraction of sp³-hybridized carbons (Fsp3) is 0.240. The van der Waals surface area contributed by atoms with Gasteiger partial charge in [0, 0.05) is 26.2 Å². The molecular weight excluding hydrogens is 461 g/mol. The number of para-hydroxylation sites is 1. The third-order valence-corrected chi connectivity index (χ3v) is 6.12. The Balaban J connectivity index is 1.33. The summed E-state index contributed by atoms with van der Waals surface area (Å²) in [6.45, 7) is 3.06. The summed E-state index contributed by atoms with van der Waals surface area (Å²) >= 11 is 0. The molecule has 2 amide bonds. The summed E-state index contributed by atoms with van der Waals surface area (Å²) in [5, 5.41) is 2.85. The Morgan fingerprint density at radius 1 is 1.00 bits per heavy atom. The first kappa shape index (κ1) is 22.7. The Kier molecular flexibility index (Phi) is 5.58. The van der Waals surface area contributed by atoms with Gasteiger partial charge in [-0.25, -0.2) is 0 Å². The summed E-state index contributed by atoms with van der Waals surface area (Å²) in [5.74, 6) is 0.225. The standard InChI is InChI=1S/C25H21F3N4O3/c1-15-5-4-8-19-21(15)30-22(33)17-9-10-20(29-23(17)35-19)31-11-13-32(14-12-31)24(34)16-6-2-3-7-18(16)25(26,27)28/h2-10H,11-14H2,1H3,(H,30,33). The van der Waals surface area contributed by atoms with Gasteiger partial charge in [-0.15, -0.1) is 0 Å². The monoisotopic (exact) mass is 482 g/mol. The van der Waals surface area contributed by atoms with E-state index in [1.807, 2.05) is 24.0 Å². The van der Waals surface area contributed by atoms with Gasteiger partial charge in [-0.2, -0.15) is 18.2 Å². The molecule has 3 heterocycles. The van der Waals surface area contributed by atoms with Crippen molar-refractivity contribution in [1.29, 1.82) is 0 Å². The molecule has 3 aromatic rings. The second kappa shape index (κ2) is 8.61. The Bertz CT molecular complexity index is 1320. The molecule has 2 aliphatic rings. The Morgan fingerprint density at radius 3 is 2.49 bits per heavy atom. The first-order chi connectivity index (χ1) is 16.7. The lowest BCUT2D eigenvalue weighted by Crippen LogP contribution is -2.49. The van der Waals surface area contributed by atoms with E-state index in [0.29, 0.717) is 35.9 Å². The largest absolute Gasteiger partial charge is 0.436 e. The predicted molar refractivity (Wildman–Crippen MR) is 123 cm³/mol. The maximum atomic E-state index is 13.3. The summed E-state index contributed by atoms with van der Waals surface area (Å²) in [7, 11) is 0. The Morgan fingerprint density at radius 2 is 1.74 bits per heavy atom. The summed E-state index contributed by atoms with van der Waals surface area (Å²) in [4.78, 5) is 33.4. The Labute approximate surface area is 199 Å². The zero-order valence-corrected chi connectivity index (χ0v) is 18.7. The number of piperazine rings is 1. The van der Waals surface area contributed by atoms with Crippen LogP contribution in [0.3, 0.4) is 0 Å². The molecule has 0 atom stereocenters. The number of rotatable bonds is 2. The summed E-state index contributed by atoms with van der Waals surface area (Å²) in [6.07, 6.45) is -4.61. The first-order valence-corrected chi connectivity index (χ1v) is 11.0. The van der Waals surface area contributed by atoms with Gasteiger partial charge in [-0.3, -0.25) is 9.59 Å². The lowest BCUT2D eigenvalue weighted by molar-refractivity contribution is -0.138. The number of amides is 2. The van der Waals surface area contributed by atoms with Gasteiger partial charge in [0.05, 0.1) is 16.8 Å². The van der Waals surface area contributed by atoms with Crippen molar-refractivity contribution in [3.05, 3.63) is 76.9 Å². The van der Waals surface area contributed by atoms with Crippen molar-refractivity contribution in [3.8, 4) is 11.6 Å². The van der Waals surface area contributed by atoms with E-state index in [1.165, 1.54) is 23.1 Å². The van der Waals surface area contributed by atoms with Crippen LogP contribution in [0.1, 0.15) is 31.8 Å². The number of alkyl halides is 3. The van der Waals surface area contributed by atoms with Crippen LogP contribution in [0.25, 0.3) is 0 Å². The lowest BCUT2D eigenvalue weighted by atomic mass is 10.1. The van der Waals surface area contributed by atoms with Crippen LogP contribution in [0.15, 0.2) is 54.6 Å². The molecule has 0 radical (unpaired) electrons. The van der Waals surface area contributed by atoms with E-state index >= 15 is 0 Å². The van der Waals surface area contributed by atoms with Crippen molar-refractivity contribution >= 4 is 23.3 Å². The van der Waals surface area contributed by atoms with Crippen LogP contribution < -0.4 is 15.0 Å². The van der Waals surface area contributed by atoms with Gasteiger partial charge < -0.3 is 19.9 Å². The van der Waals surface area contributed by atoms with E-state index in [0.717, 1.165) is 11.6 Å². The van der Waals surface area contributed by atoms with Crippen LogP contribution in [0.5, 0.6) is 11.6 Å². The number of carbonyl (C=O) groups is 2. The molecule has 35 heavy (non-hydrogen) atoms. The normalized spacial score (nSPS) is 15.5. The van der Waals surface area contributed by atoms with Crippen molar-refractivity contribution in [2.75, 3.05) is 36.4 Å². The number of hydrogen-bond acceptors (Lipinski definition) is 5. The van der Waals surface area contributed by atoms with Crippen LogP contribution >= 0.6 is 0 Å². The summed E-state index contributed by atoms with van der Waals surface area (Å²) < 4.78 is 46.0. The van der Waals surface area contributed by atoms with Crippen LogP contribution in [-0.4, -0.2) is 47.9 Å². The third-order valence-electron chi connectivity index (χ3n) is 6.12.